The minimum atomic E-state index is 0.619. The standard InChI is InChI=1S/C13H12ClN3O/c14-6-3-5-13-15-9-12(18-13)10-8-16-17-7-2-1-4-11(10)17/h1-2,4,7-9H,3,5-6H2. The van der Waals surface area contributed by atoms with Gasteiger partial charge in [-0.1, -0.05) is 6.07 Å². The van der Waals surface area contributed by atoms with E-state index in [-0.39, 0.29) is 0 Å². The largest absolute Gasteiger partial charge is 0.441 e. The predicted molar refractivity (Wildman–Crippen MR) is 69.7 cm³/mol. The second-order valence-corrected chi connectivity index (χ2v) is 4.38. The van der Waals surface area contributed by atoms with Gasteiger partial charge in [0.05, 0.1) is 23.5 Å². The number of halogens is 1. The van der Waals surface area contributed by atoms with Gasteiger partial charge in [-0.25, -0.2) is 9.50 Å². The van der Waals surface area contributed by atoms with E-state index >= 15 is 0 Å². The predicted octanol–water partition coefficient (Wildman–Crippen LogP) is 3.16. The molecule has 3 rings (SSSR count). The fraction of sp³-hybridized carbons (Fsp3) is 0.231. The zero-order chi connectivity index (χ0) is 12.4. The van der Waals surface area contributed by atoms with E-state index in [4.69, 9.17) is 16.0 Å². The van der Waals surface area contributed by atoms with Crippen molar-refractivity contribution in [3.8, 4) is 11.3 Å². The summed E-state index contributed by atoms with van der Waals surface area (Å²) in [4.78, 5) is 4.25. The van der Waals surface area contributed by atoms with Gasteiger partial charge < -0.3 is 4.42 Å². The van der Waals surface area contributed by atoms with Crippen LogP contribution in [0, 0.1) is 0 Å². The van der Waals surface area contributed by atoms with Crippen molar-refractivity contribution in [1.82, 2.24) is 14.6 Å². The van der Waals surface area contributed by atoms with Crippen LogP contribution in [0.2, 0.25) is 0 Å². The Bertz CT molecular complexity index is 659. The fourth-order valence-corrected chi connectivity index (χ4v) is 2.03. The van der Waals surface area contributed by atoms with Crippen LogP contribution < -0.4 is 0 Å². The highest BCUT2D eigenvalue weighted by Crippen LogP contribution is 2.25. The highest BCUT2D eigenvalue weighted by atomic mass is 35.5. The highest BCUT2D eigenvalue weighted by molar-refractivity contribution is 6.17. The molecule has 0 N–H and O–H groups in total. The molecule has 0 unspecified atom stereocenters. The van der Waals surface area contributed by atoms with Crippen LogP contribution in [-0.2, 0) is 6.42 Å². The molecule has 0 fully saturated rings. The molecule has 0 amide bonds. The molecule has 0 aliphatic rings. The van der Waals surface area contributed by atoms with Crippen LogP contribution in [0.25, 0.3) is 16.8 Å². The van der Waals surface area contributed by atoms with E-state index in [1.165, 1.54) is 0 Å². The zero-order valence-electron chi connectivity index (χ0n) is 9.71. The van der Waals surface area contributed by atoms with Crippen LogP contribution in [0.5, 0.6) is 0 Å². The Kier molecular flexibility index (Phi) is 3.02. The second-order valence-electron chi connectivity index (χ2n) is 4.00. The smallest absolute Gasteiger partial charge is 0.194 e. The van der Waals surface area contributed by atoms with Gasteiger partial charge in [0.25, 0.3) is 0 Å². The average Bonchev–Trinajstić information content (AvgIpc) is 3.02. The van der Waals surface area contributed by atoms with E-state index in [1.807, 2.05) is 28.9 Å². The molecule has 0 spiro atoms. The summed E-state index contributed by atoms with van der Waals surface area (Å²) in [6, 6.07) is 5.92. The summed E-state index contributed by atoms with van der Waals surface area (Å²) in [6.45, 7) is 0. The van der Waals surface area contributed by atoms with Gasteiger partial charge in [0, 0.05) is 18.5 Å². The first-order valence-corrected chi connectivity index (χ1v) is 6.35. The molecule has 5 heteroatoms. The minimum absolute atomic E-state index is 0.619. The Morgan fingerprint density at radius 1 is 1.28 bits per heavy atom. The summed E-state index contributed by atoms with van der Waals surface area (Å²) < 4.78 is 7.53. The van der Waals surface area contributed by atoms with Gasteiger partial charge >= 0.3 is 0 Å². The molecule has 0 aromatic carbocycles. The number of alkyl halides is 1. The molecule has 18 heavy (non-hydrogen) atoms. The van der Waals surface area contributed by atoms with Crippen LogP contribution in [0.1, 0.15) is 12.3 Å². The maximum absolute atomic E-state index is 5.72. The number of pyridine rings is 1. The Balaban J connectivity index is 1.96. The number of fused-ring (bicyclic) bond motifs is 1. The first-order valence-electron chi connectivity index (χ1n) is 5.82. The van der Waals surface area contributed by atoms with Gasteiger partial charge in [0.15, 0.2) is 11.7 Å². The molecule has 0 saturated heterocycles. The number of rotatable bonds is 4. The monoisotopic (exact) mass is 261 g/mol. The molecule has 3 aromatic heterocycles. The van der Waals surface area contributed by atoms with Crippen LogP contribution in [0.15, 0.2) is 41.2 Å². The van der Waals surface area contributed by atoms with Crippen LogP contribution in [0.4, 0.5) is 0 Å². The number of oxazole rings is 1. The first kappa shape index (κ1) is 11.3. The van der Waals surface area contributed by atoms with Gasteiger partial charge in [-0.3, -0.25) is 0 Å². The summed E-state index contributed by atoms with van der Waals surface area (Å²) in [6.07, 6.45) is 7.08. The molecule has 0 aliphatic heterocycles. The Labute approximate surface area is 109 Å². The van der Waals surface area contributed by atoms with Crippen molar-refractivity contribution in [2.45, 2.75) is 12.8 Å². The average molecular weight is 262 g/mol. The molecule has 92 valence electrons. The molecule has 0 saturated carbocycles. The summed E-state index contributed by atoms with van der Waals surface area (Å²) in [5.41, 5.74) is 1.97. The van der Waals surface area contributed by atoms with Crippen molar-refractivity contribution < 1.29 is 4.42 Å². The molecule has 0 atom stereocenters. The highest BCUT2D eigenvalue weighted by Gasteiger charge is 2.11. The molecule has 3 aromatic rings. The summed E-state index contributed by atoms with van der Waals surface area (Å²) in [5.74, 6) is 2.09. The van der Waals surface area contributed by atoms with Crippen LogP contribution in [-0.4, -0.2) is 20.5 Å². The quantitative estimate of drug-likeness (QED) is 0.678. The lowest BCUT2D eigenvalue weighted by atomic mass is 10.2. The maximum Gasteiger partial charge on any atom is 0.194 e. The van der Waals surface area contributed by atoms with Crippen molar-refractivity contribution >= 4 is 17.1 Å². The van der Waals surface area contributed by atoms with Crippen LogP contribution in [0.3, 0.4) is 0 Å². The van der Waals surface area contributed by atoms with Crippen molar-refractivity contribution in [2.75, 3.05) is 5.88 Å². The van der Waals surface area contributed by atoms with E-state index in [2.05, 4.69) is 10.1 Å². The molecule has 3 heterocycles. The van der Waals surface area contributed by atoms with Gasteiger partial charge in [-0.15, -0.1) is 11.6 Å². The fourth-order valence-electron chi connectivity index (χ4n) is 1.89. The topological polar surface area (TPSA) is 43.3 Å². The minimum Gasteiger partial charge on any atom is -0.441 e. The molecule has 4 nitrogen and oxygen atoms in total. The Morgan fingerprint density at radius 3 is 3.11 bits per heavy atom. The van der Waals surface area contributed by atoms with Gasteiger partial charge in [-0.05, 0) is 18.6 Å². The Hall–Kier alpha value is -1.81. The third-order valence-corrected chi connectivity index (χ3v) is 3.04. The van der Waals surface area contributed by atoms with Crippen molar-refractivity contribution in [3.05, 3.63) is 42.7 Å². The van der Waals surface area contributed by atoms with E-state index < -0.39 is 0 Å². The van der Waals surface area contributed by atoms with Crippen molar-refractivity contribution in [1.29, 1.82) is 0 Å². The first-order chi connectivity index (χ1) is 8.88. The molecular formula is C13H12ClN3O. The lowest BCUT2D eigenvalue weighted by Crippen LogP contribution is -1.84. The summed E-state index contributed by atoms with van der Waals surface area (Å²) in [7, 11) is 0. The van der Waals surface area contributed by atoms with Gasteiger partial charge in [0.2, 0.25) is 0 Å². The number of hydrogen-bond donors (Lipinski definition) is 0. The molecule has 0 bridgehead atoms. The third kappa shape index (κ3) is 1.99. The van der Waals surface area contributed by atoms with Gasteiger partial charge in [0.1, 0.15) is 0 Å². The van der Waals surface area contributed by atoms with E-state index in [0.29, 0.717) is 5.88 Å². The van der Waals surface area contributed by atoms with E-state index in [1.54, 1.807) is 12.4 Å². The Morgan fingerprint density at radius 2 is 2.22 bits per heavy atom. The van der Waals surface area contributed by atoms with E-state index in [9.17, 15) is 0 Å². The number of aryl methyl sites for hydroxylation is 1. The number of nitrogens with zero attached hydrogens (tertiary/aromatic N) is 3. The van der Waals surface area contributed by atoms with E-state index in [0.717, 1.165) is 35.6 Å². The van der Waals surface area contributed by atoms with Crippen molar-refractivity contribution in [2.24, 2.45) is 0 Å². The zero-order valence-corrected chi connectivity index (χ0v) is 10.5. The second kappa shape index (κ2) is 4.82. The normalized spacial score (nSPS) is 11.2. The van der Waals surface area contributed by atoms with Crippen molar-refractivity contribution in [3.63, 3.8) is 0 Å². The summed E-state index contributed by atoms with van der Waals surface area (Å²) >= 11 is 5.65. The maximum atomic E-state index is 5.72. The molecular weight excluding hydrogens is 250 g/mol. The number of aromatic nitrogens is 3. The lowest BCUT2D eigenvalue weighted by Gasteiger charge is -1.94. The number of hydrogen-bond acceptors (Lipinski definition) is 3. The molecule has 0 radical (unpaired) electrons. The van der Waals surface area contributed by atoms with Crippen LogP contribution >= 0.6 is 11.6 Å². The van der Waals surface area contributed by atoms with Gasteiger partial charge in [-0.2, -0.15) is 5.10 Å². The molecule has 0 aliphatic carbocycles. The third-order valence-electron chi connectivity index (χ3n) is 2.77. The SMILES string of the molecule is ClCCCc1ncc(-c2cnn3ccccc23)o1. The summed E-state index contributed by atoms with van der Waals surface area (Å²) in [5, 5.41) is 4.27. The lowest BCUT2D eigenvalue weighted by molar-refractivity contribution is 0.504.